The van der Waals surface area contributed by atoms with Crippen molar-refractivity contribution < 1.29 is 24.1 Å². The van der Waals surface area contributed by atoms with Crippen LogP contribution >= 0.6 is 0 Å². The van der Waals surface area contributed by atoms with E-state index in [-0.39, 0.29) is 6.04 Å². The van der Waals surface area contributed by atoms with Gasteiger partial charge in [-0.1, -0.05) is 13.0 Å². The lowest BCUT2D eigenvalue weighted by Gasteiger charge is -2.37. The van der Waals surface area contributed by atoms with Gasteiger partial charge in [0.2, 0.25) is 5.75 Å². The average molecular weight is 415 g/mol. The maximum Gasteiger partial charge on any atom is 0.307 e. The summed E-state index contributed by atoms with van der Waals surface area (Å²) in [4.78, 5) is 18.6. The van der Waals surface area contributed by atoms with E-state index in [0.29, 0.717) is 30.2 Å². The number of hydrogen-bond acceptors (Lipinski definition) is 6. The van der Waals surface area contributed by atoms with Gasteiger partial charge in [-0.25, -0.2) is 0 Å². The van der Waals surface area contributed by atoms with E-state index in [4.69, 9.17) is 19.2 Å². The first kappa shape index (κ1) is 21.9. The molecule has 1 aliphatic heterocycles. The van der Waals surface area contributed by atoms with Crippen molar-refractivity contribution in [3.05, 3.63) is 47.3 Å². The molecule has 2 aromatic rings. The molecule has 0 aliphatic carbocycles. The largest absolute Gasteiger partial charge is 0.493 e. The predicted octanol–water partition coefficient (Wildman–Crippen LogP) is 3.56. The number of benzene rings is 1. The van der Waals surface area contributed by atoms with Gasteiger partial charge in [-0.05, 0) is 55.1 Å². The Labute approximate surface area is 177 Å². The second kappa shape index (κ2) is 9.80. The van der Waals surface area contributed by atoms with Crippen LogP contribution in [0.1, 0.15) is 42.6 Å². The zero-order chi connectivity index (χ0) is 21.7. The highest BCUT2D eigenvalue weighted by Gasteiger charge is 2.33. The van der Waals surface area contributed by atoms with Crippen molar-refractivity contribution in [2.45, 2.75) is 32.2 Å². The van der Waals surface area contributed by atoms with Crippen molar-refractivity contribution in [2.75, 3.05) is 34.4 Å². The Morgan fingerprint density at radius 1 is 1.20 bits per heavy atom. The maximum atomic E-state index is 11.7. The number of piperidine rings is 1. The second-order valence-electron chi connectivity index (χ2n) is 7.48. The number of hydrogen-bond donors (Lipinski definition) is 1. The molecule has 162 valence electrons. The number of rotatable bonds is 8. The van der Waals surface area contributed by atoms with Crippen LogP contribution in [-0.2, 0) is 11.2 Å². The molecule has 1 aromatic heterocycles. The minimum atomic E-state index is -0.752. The maximum absolute atomic E-state index is 11.7. The van der Waals surface area contributed by atoms with Gasteiger partial charge in [-0.2, -0.15) is 0 Å². The molecular weight excluding hydrogens is 384 g/mol. The van der Waals surface area contributed by atoms with Crippen LogP contribution in [-0.4, -0.2) is 55.4 Å². The summed E-state index contributed by atoms with van der Waals surface area (Å²) in [7, 11) is 4.75. The van der Waals surface area contributed by atoms with Gasteiger partial charge in [-0.15, -0.1) is 0 Å². The number of methoxy groups -OCH3 is 3. The fraction of sp³-hybridized carbons (Fsp3) is 0.478. The molecule has 0 amide bonds. The molecule has 1 N–H and O–H groups in total. The highest BCUT2D eigenvalue weighted by molar-refractivity contribution is 5.70. The second-order valence-corrected chi connectivity index (χ2v) is 7.48. The van der Waals surface area contributed by atoms with E-state index < -0.39 is 11.9 Å². The molecule has 30 heavy (non-hydrogen) atoms. The molecule has 7 nitrogen and oxygen atoms in total. The predicted molar refractivity (Wildman–Crippen MR) is 113 cm³/mol. The first-order valence-electron chi connectivity index (χ1n) is 10.2. The van der Waals surface area contributed by atoms with Crippen LogP contribution in [0.4, 0.5) is 0 Å². The number of ether oxygens (including phenoxy) is 3. The van der Waals surface area contributed by atoms with Crippen molar-refractivity contribution in [3.63, 3.8) is 0 Å². The van der Waals surface area contributed by atoms with E-state index >= 15 is 0 Å². The number of nitrogens with zero attached hydrogens (tertiary/aromatic N) is 2. The molecule has 2 atom stereocenters. The lowest BCUT2D eigenvalue weighted by Crippen LogP contribution is -2.41. The van der Waals surface area contributed by atoms with Gasteiger partial charge in [-0.3, -0.25) is 14.7 Å². The highest BCUT2D eigenvalue weighted by atomic mass is 16.5. The molecule has 0 bridgehead atoms. The van der Waals surface area contributed by atoms with Crippen LogP contribution in [0.5, 0.6) is 17.2 Å². The zero-order valence-corrected chi connectivity index (χ0v) is 18.1. The molecule has 2 heterocycles. The Bertz CT molecular complexity index is 843. The average Bonchev–Trinajstić information content (AvgIpc) is 2.79. The Kier molecular flexibility index (Phi) is 7.15. The van der Waals surface area contributed by atoms with Crippen molar-refractivity contribution in [3.8, 4) is 17.2 Å². The fourth-order valence-corrected chi connectivity index (χ4v) is 4.08. The first-order valence-corrected chi connectivity index (χ1v) is 10.2. The standard InChI is InChI=1S/C23H30N2O5/c1-5-15-8-9-18(24-13-15)21(25-10-6-7-16(14-25)23(26)27)17-11-19(28-2)22(30-4)20(12-17)29-3/h8-9,11-13,16,21H,5-7,10,14H2,1-4H3,(H,26,27). The summed E-state index contributed by atoms with van der Waals surface area (Å²) in [5.74, 6) is 0.511. The molecular formula is C23H30N2O5. The molecule has 1 aromatic carbocycles. The zero-order valence-electron chi connectivity index (χ0n) is 18.1. The van der Waals surface area contributed by atoms with Crippen LogP contribution in [0.25, 0.3) is 0 Å². The van der Waals surface area contributed by atoms with Gasteiger partial charge in [0.15, 0.2) is 11.5 Å². The summed E-state index contributed by atoms with van der Waals surface area (Å²) in [6.45, 7) is 3.35. The van der Waals surface area contributed by atoms with Gasteiger partial charge in [0.25, 0.3) is 0 Å². The van der Waals surface area contributed by atoms with E-state index in [2.05, 4.69) is 17.9 Å². The van der Waals surface area contributed by atoms with Gasteiger partial charge in [0.05, 0.1) is 39.0 Å². The molecule has 1 fully saturated rings. The lowest BCUT2D eigenvalue weighted by atomic mass is 9.93. The molecule has 2 unspecified atom stereocenters. The minimum absolute atomic E-state index is 0.216. The van der Waals surface area contributed by atoms with Crippen LogP contribution in [0.15, 0.2) is 30.5 Å². The first-order chi connectivity index (χ1) is 14.5. The summed E-state index contributed by atoms with van der Waals surface area (Å²) in [5.41, 5.74) is 2.95. The minimum Gasteiger partial charge on any atom is -0.493 e. The monoisotopic (exact) mass is 414 g/mol. The summed E-state index contributed by atoms with van der Waals surface area (Å²) >= 11 is 0. The molecule has 7 heteroatoms. The van der Waals surface area contributed by atoms with Crippen molar-refractivity contribution in [1.29, 1.82) is 0 Å². The third-order valence-electron chi connectivity index (χ3n) is 5.71. The number of pyridine rings is 1. The van der Waals surface area contributed by atoms with Crippen LogP contribution < -0.4 is 14.2 Å². The number of aromatic nitrogens is 1. The van der Waals surface area contributed by atoms with Crippen molar-refractivity contribution in [1.82, 2.24) is 9.88 Å². The van der Waals surface area contributed by atoms with Gasteiger partial charge in [0, 0.05) is 12.7 Å². The summed E-state index contributed by atoms with van der Waals surface area (Å²) in [6.07, 6.45) is 4.31. The van der Waals surface area contributed by atoms with Crippen LogP contribution in [0.3, 0.4) is 0 Å². The number of aryl methyl sites for hydroxylation is 1. The molecule has 3 rings (SSSR count). The number of carbonyl (C=O) groups is 1. The molecule has 0 spiro atoms. The van der Waals surface area contributed by atoms with Crippen molar-refractivity contribution >= 4 is 5.97 Å². The van der Waals surface area contributed by atoms with E-state index in [1.54, 1.807) is 21.3 Å². The summed E-state index contributed by atoms with van der Waals surface area (Å²) in [6, 6.07) is 7.73. The Hall–Kier alpha value is -2.80. The molecule has 0 radical (unpaired) electrons. The quantitative estimate of drug-likeness (QED) is 0.707. The van der Waals surface area contributed by atoms with Gasteiger partial charge in [0.1, 0.15) is 0 Å². The third kappa shape index (κ3) is 4.51. The topological polar surface area (TPSA) is 81.1 Å². The Balaban J connectivity index is 2.10. The fourth-order valence-electron chi connectivity index (χ4n) is 4.08. The number of aliphatic carboxylic acids is 1. The highest BCUT2D eigenvalue weighted by Crippen LogP contribution is 2.42. The number of likely N-dealkylation sites (tertiary alicyclic amines) is 1. The summed E-state index contributed by atoms with van der Waals surface area (Å²) < 4.78 is 16.6. The SMILES string of the molecule is CCc1ccc(C(c2cc(OC)c(OC)c(OC)c2)N2CCCC(C(=O)O)C2)nc1. The molecule has 1 saturated heterocycles. The smallest absolute Gasteiger partial charge is 0.307 e. The van der Waals surface area contributed by atoms with Crippen LogP contribution in [0.2, 0.25) is 0 Å². The third-order valence-corrected chi connectivity index (χ3v) is 5.71. The molecule has 0 saturated carbocycles. The van der Waals surface area contributed by atoms with E-state index in [0.717, 1.165) is 36.2 Å². The van der Waals surface area contributed by atoms with Gasteiger partial charge < -0.3 is 19.3 Å². The number of carboxylic acids is 1. The lowest BCUT2D eigenvalue weighted by molar-refractivity contribution is -0.143. The van der Waals surface area contributed by atoms with Gasteiger partial charge >= 0.3 is 5.97 Å². The Morgan fingerprint density at radius 2 is 1.90 bits per heavy atom. The summed E-state index contributed by atoms with van der Waals surface area (Å²) in [5, 5.41) is 9.58. The molecule has 1 aliphatic rings. The van der Waals surface area contributed by atoms with E-state index in [1.165, 1.54) is 0 Å². The van der Waals surface area contributed by atoms with E-state index in [9.17, 15) is 9.90 Å². The van der Waals surface area contributed by atoms with E-state index in [1.807, 2.05) is 24.4 Å². The van der Waals surface area contributed by atoms with Crippen LogP contribution in [0, 0.1) is 5.92 Å². The van der Waals surface area contributed by atoms with Crippen molar-refractivity contribution in [2.24, 2.45) is 5.92 Å². The normalized spacial score (nSPS) is 17.9. The number of carboxylic acid groups (broad SMARTS) is 1. The Morgan fingerprint density at radius 3 is 2.40 bits per heavy atom.